The minimum absolute atomic E-state index is 0. The van der Waals surface area contributed by atoms with Gasteiger partial charge in [0, 0.05) is 20.4 Å². The van der Waals surface area contributed by atoms with Crippen LogP contribution in [0.4, 0.5) is 0 Å². The van der Waals surface area contributed by atoms with Crippen molar-refractivity contribution in [2.24, 2.45) is 0 Å². The van der Waals surface area contributed by atoms with E-state index in [2.05, 4.69) is 6.58 Å². The van der Waals surface area contributed by atoms with Crippen LogP contribution in [0.3, 0.4) is 0 Å². The van der Waals surface area contributed by atoms with Gasteiger partial charge in [-0.25, -0.2) is 5.87 Å². The maximum absolute atomic E-state index is 5.74. The molecule has 4 heavy (non-hydrogen) atoms. The van der Waals surface area contributed by atoms with Crippen LogP contribution in [0.25, 0.3) is 0 Å². The summed E-state index contributed by atoms with van der Waals surface area (Å²) >= 11 is 0. The van der Waals surface area contributed by atoms with Crippen LogP contribution in [-0.2, 0) is 20.4 Å². The van der Waals surface area contributed by atoms with E-state index >= 15 is 0 Å². The molecular weight excluding hydrogens is 144 g/mol. The van der Waals surface area contributed by atoms with Crippen molar-refractivity contribution in [1.82, 2.24) is 0 Å². The zero-order valence-corrected chi connectivity index (χ0v) is 3.45. The minimum Gasteiger partial charge on any atom is -0.445 e. The van der Waals surface area contributed by atoms with Gasteiger partial charge in [0.25, 0.3) is 0 Å². The first-order valence-corrected chi connectivity index (χ1v) is 0.539. The molecule has 0 radical (unpaired) electrons. The quantitative estimate of drug-likeness (QED) is 0.287. The van der Waals surface area contributed by atoms with Gasteiger partial charge in [-0.15, -0.1) is 0 Å². The molecule has 0 aliphatic rings. The fourth-order valence-electron chi connectivity index (χ4n) is 0. The molecule has 0 saturated heterocycles. The summed E-state index contributed by atoms with van der Waals surface area (Å²) in [5.41, 5.74) is 0. The summed E-state index contributed by atoms with van der Waals surface area (Å²) in [5.74, 6) is 1.50. The third kappa shape index (κ3) is 207. The van der Waals surface area contributed by atoms with E-state index in [9.17, 15) is 0 Å². The molecular formula is C2H2NPd-. The molecule has 0 aliphatic carbocycles. The molecule has 0 aliphatic heterocycles. The Labute approximate surface area is 38.9 Å². The Balaban J connectivity index is 0. The molecule has 0 rings (SSSR count). The van der Waals surface area contributed by atoms with Crippen LogP contribution in [0.5, 0.6) is 0 Å². The van der Waals surface area contributed by atoms with Crippen molar-refractivity contribution >= 4 is 5.87 Å². The molecule has 0 spiro atoms. The van der Waals surface area contributed by atoms with Crippen molar-refractivity contribution < 1.29 is 20.4 Å². The van der Waals surface area contributed by atoms with E-state index in [-0.39, 0.29) is 20.4 Å². The summed E-state index contributed by atoms with van der Waals surface area (Å²) < 4.78 is 0. The zero-order chi connectivity index (χ0) is 2.71. The molecule has 0 heterocycles. The van der Waals surface area contributed by atoms with Gasteiger partial charge < -0.3 is 6.58 Å². The number of hydrogen-bond acceptors (Lipinski definition) is 1. The molecule has 2 heteroatoms. The fourth-order valence-corrected chi connectivity index (χ4v) is 0. The molecule has 0 aromatic carbocycles. The molecule has 1 N–H and O–H groups in total. The Hall–Kier alpha value is 0.112. The molecule has 0 aromatic rings. The summed E-state index contributed by atoms with van der Waals surface area (Å²) in [6.45, 7) is 4.26. The molecule has 0 unspecified atom stereocenters. The first-order chi connectivity index (χ1) is 1.41. The van der Waals surface area contributed by atoms with Gasteiger partial charge in [-0.2, -0.15) is 0 Å². The van der Waals surface area contributed by atoms with E-state index in [4.69, 9.17) is 5.41 Å². The maximum Gasteiger partial charge on any atom is 0 e. The Kier molecular flexibility index (Phi) is 25.1. The Morgan fingerprint density at radius 3 is 1.75 bits per heavy atom. The molecule has 0 saturated carbocycles. The van der Waals surface area contributed by atoms with Crippen molar-refractivity contribution in [3.8, 4) is 0 Å². The Morgan fingerprint density at radius 2 is 1.75 bits per heavy atom. The van der Waals surface area contributed by atoms with Gasteiger partial charge in [-0.1, -0.05) is 0 Å². The van der Waals surface area contributed by atoms with Crippen molar-refractivity contribution in [2.45, 2.75) is 0 Å². The van der Waals surface area contributed by atoms with Crippen LogP contribution >= 0.6 is 0 Å². The third-order valence-electron chi connectivity index (χ3n) is 0. The normalized spacial score (nSPS) is 2.00. The second-order valence-electron chi connectivity index (χ2n) is 0.144. The number of nitrogens with one attached hydrogen (secondary N) is 1. The maximum atomic E-state index is 5.74. The van der Waals surface area contributed by atoms with Gasteiger partial charge in [-0.05, 0) is 0 Å². The van der Waals surface area contributed by atoms with Gasteiger partial charge in [0.1, 0.15) is 0 Å². The summed E-state index contributed by atoms with van der Waals surface area (Å²) in [5, 5.41) is 5.74. The van der Waals surface area contributed by atoms with Crippen molar-refractivity contribution in [1.29, 1.82) is 5.41 Å². The fraction of sp³-hybridized carbons (Fsp3) is 0. The topological polar surface area (TPSA) is 23.9 Å². The van der Waals surface area contributed by atoms with Gasteiger partial charge >= 0.3 is 0 Å². The third-order valence-corrected chi connectivity index (χ3v) is 0. The first kappa shape index (κ1) is 8.93. The van der Waals surface area contributed by atoms with Crippen molar-refractivity contribution in [3.05, 3.63) is 6.58 Å². The molecule has 0 atom stereocenters. The molecule has 0 aromatic heterocycles. The monoisotopic (exact) mass is 146 g/mol. The van der Waals surface area contributed by atoms with Crippen molar-refractivity contribution in [2.75, 3.05) is 0 Å². The van der Waals surface area contributed by atoms with Crippen LogP contribution in [-0.4, -0.2) is 5.87 Å². The summed E-state index contributed by atoms with van der Waals surface area (Å²) in [6.07, 6.45) is 0. The molecule has 1 nitrogen and oxygen atoms in total. The number of hydrogen-bond donors (Lipinski definition) is 1. The largest absolute Gasteiger partial charge is 0.445 e. The van der Waals surface area contributed by atoms with Gasteiger partial charge in [-0.3, -0.25) is 5.41 Å². The van der Waals surface area contributed by atoms with E-state index < -0.39 is 0 Å². The van der Waals surface area contributed by atoms with Gasteiger partial charge in [0.05, 0.1) is 0 Å². The standard InChI is InChI=1S/C2H2N.Pd/c1-2-3;/h1,3H;/q-1;. The summed E-state index contributed by atoms with van der Waals surface area (Å²) in [6, 6.07) is 0. The molecule has 0 amide bonds. The van der Waals surface area contributed by atoms with Crippen LogP contribution in [0.2, 0.25) is 0 Å². The number of rotatable bonds is 0. The second kappa shape index (κ2) is 11.2. The molecule has 26 valence electrons. The summed E-state index contributed by atoms with van der Waals surface area (Å²) in [4.78, 5) is 0. The van der Waals surface area contributed by atoms with E-state index in [1.807, 2.05) is 0 Å². The van der Waals surface area contributed by atoms with Crippen molar-refractivity contribution in [3.63, 3.8) is 0 Å². The average Bonchev–Trinajstić information content (AvgIpc) is 0.918. The van der Waals surface area contributed by atoms with Gasteiger partial charge in [0.15, 0.2) is 0 Å². The first-order valence-electron chi connectivity index (χ1n) is 0.539. The van der Waals surface area contributed by atoms with Crippen LogP contribution in [0, 0.1) is 12.0 Å². The minimum atomic E-state index is 0. The molecule has 0 bridgehead atoms. The van der Waals surface area contributed by atoms with Crippen LogP contribution in [0.15, 0.2) is 0 Å². The predicted molar refractivity (Wildman–Crippen MR) is 12.0 cm³/mol. The average molecular weight is 146 g/mol. The second-order valence-corrected chi connectivity index (χ2v) is 0.144. The zero-order valence-electron chi connectivity index (χ0n) is 1.89. The van der Waals surface area contributed by atoms with E-state index in [0.717, 1.165) is 0 Å². The summed E-state index contributed by atoms with van der Waals surface area (Å²) in [7, 11) is 0. The van der Waals surface area contributed by atoms with E-state index in [0.29, 0.717) is 0 Å². The van der Waals surface area contributed by atoms with Gasteiger partial charge in [0.2, 0.25) is 0 Å². The van der Waals surface area contributed by atoms with Crippen LogP contribution < -0.4 is 0 Å². The SMILES string of the molecule is [CH-]=C=N.[Pd]. The van der Waals surface area contributed by atoms with E-state index in [1.54, 1.807) is 0 Å². The van der Waals surface area contributed by atoms with E-state index in [1.165, 1.54) is 5.87 Å². The smallest absolute Gasteiger partial charge is 0 e. The van der Waals surface area contributed by atoms with Crippen LogP contribution in [0.1, 0.15) is 0 Å². The molecule has 0 fully saturated rings. The Bertz CT molecular complexity index is 27.0. The predicted octanol–water partition coefficient (Wildman–Crippen LogP) is 0.222. The Morgan fingerprint density at radius 1 is 1.75 bits per heavy atom.